The molecule has 0 bridgehead atoms. The van der Waals surface area contributed by atoms with Crippen LogP contribution in [0.15, 0.2) is 328 Å². The van der Waals surface area contributed by atoms with Crippen LogP contribution < -0.4 is 0 Å². The monoisotopic (exact) mass is 1260 g/mol. The third-order valence-electron chi connectivity index (χ3n) is 21.5. The van der Waals surface area contributed by atoms with E-state index in [-0.39, 0.29) is 5.41 Å². The normalized spacial score (nSPS) is 12.8. The molecule has 15 aromatic carbocycles. The zero-order chi connectivity index (χ0) is 65.2. The minimum Gasteiger partial charge on any atom is -0.309 e. The molecule has 5 aromatic heterocycles. The van der Waals surface area contributed by atoms with Gasteiger partial charge < -0.3 is 18.3 Å². The Balaban J connectivity index is 0.785. The standard InChI is InChI=1S/C93H60N6/c1-93(2)79-32-16-11-27-69(79)70-43-37-62(55-80(70)93)91-90-68-26-10-9-21-57(68)38-44-81(90)94-92(95-91)63-49-66(98-84-35-19-14-30-73(84)77-53-60(41-47-88(77)98)58-39-45-86-75(51-58)71-28-12-17-33-82(71)96(86)64-22-5-3-6-23-64)56-67(50-63)99-85-36-20-15-31-74(85)78-54-61(42-48-89(78)99)59-40-46-87-76(52-59)72-29-13-18-34-83(72)97(87)65-24-7-4-8-25-65/h3-56H,1-2H3. The number of fused-ring (bicyclic) bond motifs is 18. The summed E-state index contributed by atoms with van der Waals surface area (Å²) in [7, 11) is 0. The smallest absolute Gasteiger partial charge is 0.160 e. The Morgan fingerprint density at radius 1 is 0.242 bits per heavy atom. The van der Waals surface area contributed by atoms with Crippen LogP contribution in [0.2, 0.25) is 0 Å². The van der Waals surface area contributed by atoms with Gasteiger partial charge in [-0.15, -0.1) is 0 Å². The van der Waals surface area contributed by atoms with Crippen molar-refractivity contribution in [2.75, 3.05) is 0 Å². The van der Waals surface area contributed by atoms with E-state index < -0.39 is 0 Å². The van der Waals surface area contributed by atoms with E-state index in [1.165, 1.54) is 98.5 Å². The summed E-state index contributed by atoms with van der Waals surface area (Å²) < 4.78 is 9.70. The Morgan fingerprint density at radius 3 is 1.11 bits per heavy atom. The van der Waals surface area contributed by atoms with Crippen LogP contribution in [-0.2, 0) is 5.41 Å². The van der Waals surface area contributed by atoms with Gasteiger partial charge in [-0.2, -0.15) is 0 Å². The van der Waals surface area contributed by atoms with E-state index in [2.05, 4.69) is 360 Å². The van der Waals surface area contributed by atoms with Crippen LogP contribution in [0, 0.1) is 0 Å². The topological polar surface area (TPSA) is 45.5 Å². The summed E-state index contributed by atoms with van der Waals surface area (Å²) in [4.78, 5) is 11.6. The van der Waals surface area contributed by atoms with Gasteiger partial charge in [-0.25, -0.2) is 9.97 Å². The van der Waals surface area contributed by atoms with E-state index in [1.54, 1.807) is 0 Å². The fourth-order valence-electron chi connectivity index (χ4n) is 17.0. The summed E-state index contributed by atoms with van der Waals surface area (Å²) in [6.07, 6.45) is 0. The summed E-state index contributed by atoms with van der Waals surface area (Å²) in [6.45, 7) is 4.71. The third-order valence-corrected chi connectivity index (χ3v) is 21.5. The summed E-state index contributed by atoms with van der Waals surface area (Å²) in [5.74, 6) is 0.651. The Morgan fingerprint density at radius 2 is 0.626 bits per heavy atom. The molecule has 0 radical (unpaired) electrons. The van der Waals surface area contributed by atoms with Gasteiger partial charge in [-0.05, 0) is 183 Å². The minimum atomic E-state index is -0.208. The highest BCUT2D eigenvalue weighted by atomic mass is 15.0. The molecule has 20 aromatic rings. The molecule has 0 aliphatic heterocycles. The third kappa shape index (κ3) is 8.24. The zero-order valence-corrected chi connectivity index (χ0v) is 54.4. The second-order valence-electron chi connectivity index (χ2n) is 27.3. The molecule has 0 unspecified atom stereocenters. The number of nitrogens with zero attached hydrogens (tertiary/aromatic N) is 6. The largest absolute Gasteiger partial charge is 0.309 e. The second kappa shape index (κ2) is 21.0. The summed E-state index contributed by atoms with van der Waals surface area (Å²) >= 11 is 0. The number of para-hydroxylation sites is 6. The molecule has 1 aliphatic carbocycles. The summed E-state index contributed by atoms with van der Waals surface area (Å²) in [5.41, 5.74) is 26.9. The van der Waals surface area contributed by atoms with Gasteiger partial charge >= 0.3 is 0 Å². The Bertz CT molecular complexity index is 6520. The average Bonchev–Trinajstić information content (AvgIpc) is 1.70. The summed E-state index contributed by atoms with van der Waals surface area (Å²) in [5, 5.41) is 12.9. The molecular weight excluding hydrogens is 1200 g/mol. The van der Waals surface area contributed by atoms with Crippen LogP contribution in [0.5, 0.6) is 0 Å². The van der Waals surface area contributed by atoms with Crippen LogP contribution in [0.4, 0.5) is 0 Å². The lowest BCUT2D eigenvalue weighted by Gasteiger charge is -2.22. The van der Waals surface area contributed by atoms with E-state index in [1.807, 2.05) is 0 Å². The van der Waals surface area contributed by atoms with Crippen LogP contribution in [0.25, 0.3) is 188 Å². The lowest BCUT2D eigenvalue weighted by atomic mass is 9.81. The maximum Gasteiger partial charge on any atom is 0.160 e. The molecule has 0 fully saturated rings. The molecule has 462 valence electrons. The predicted molar refractivity (Wildman–Crippen MR) is 414 cm³/mol. The lowest BCUT2D eigenvalue weighted by molar-refractivity contribution is 0.660. The highest BCUT2D eigenvalue weighted by Gasteiger charge is 2.36. The predicted octanol–water partition coefficient (Wildman–Crippen LogP) is 24.1. The number of hydrogen-bond acceptors (Lipinski definition) is 2. The van der Waals surface area contributed by atoms with Crippen LogP contribution >= 0.6 is 0 Å². The van der Waals surface area contributed by atoms with Crippen LogP contribution in [-0.4, -0.2) is 28.2 Å². The minimum absolute atomic E-state index is 0.208. The molecule has 99 heavy (non-hydrogen) atoms. The van der Waals surface area contributed by atoms with Crippen molar-refractivity contribution in [3.63, 3.8) is 0 Å². The van der Waals surface area contributed by atoms with Crippen LogP contribution in [0.1, 0.15) is 25.0 Å². The SMILES string of the molecule is CC1(C)c2ccccc2-c2ccc(-c3nc(-c4cc(-n5c6ccccc6c6cc(-c7ccc8c(c7)c7ccccc7n8-c7ccccc7)ccc65)cc(-n5c6ccccc6c6cc(-c7ccc8c(c7)c7ccccc7n8-c7ccccc7)ccc65)c4)nc4ccc5ccccc5c34)cc21. The molecule has 0 saturated carbocycles. The lowest BCUT2D eigenvalue weighted by Crippen LogP contribution is -2.15. The van der Waals surface area contributed by atoms with Crippen molar-refractivity contribution in [2.45, 2.75) is 19.3 Å². The molecule has 1 aliphatic rings. The second-order valence-corrected chi connectivity index (χ2v) is 27.3. The van der Waals surface area contributed by atoms with Crippen molar-refractivity contribution >= 4 is 109 Å². The summed E-state index contributed by atoms with van der Waals surface area (Å²) in [6, 6.07) is 121. The number of hydrogen-bond donors (Lipinski definition) is 0. The first kappa shape index (κ1) is 55.4. The first-order valence-electron chi connectivity index (χ1n) is 34.2. The molecule has 6 heteroatoms. The van der Waals surface area contributed by atoms with Crippen molar-refractivity contribution in [2.24, 2.45) is 0 Å². The molecule has 5 heterocycles. The molecule has 0 spiro atoms. The molecule has 0 N–H and O–H groups in total. The zero-order valence-electron chi connectivity index (χ0n) is 54.4. The van der Waals surface area contributed by atoms with Gasteiger partial charge in [0.15, 0.2) is 5.82 Å². The van der Waals surface area contributed by atoms with E-state index in [9.17, 15) is 0 Å². The fourth-order valence-corrected chi connectivity index (χ4v) is 17.0. The molecule has 6 nitrogen and oxygen atoms in total. The molecule has 0 atom stereocenters. The maximum atomic E-state index is 5.88. The maximum absolute atomic E-state index is 5.88. The highest BCUT2D eigenvalue weighted by Crippen LogP contribution is 2.51. The van der Waals surface area contributed by atoms with Gasteiger partial charge in [-0.1, -0.05) is 214 Å². The van der Waals surface area contributed by atoms with Crippen molar-refractivity contribution < 1.29 is 0 Å². The molecule has 0 amide bonds. The van der Waals surface area contributed by atoms with Gasteiger partial charge in [0, 0.05) is 87.8 Å². The molecule has 21 rings (SSSR count). The van der Waals surface area contributed by atoms with Crippen LogP contribution in [0.3, 0.4) is 0 Å². The number of rotatable bonds is 8. The van der Waals surface area contributed by atoms with Crippen molar-refractivity contribution in [3.05, 3.63) is 339 Å². The van der Waals surface area contributed by atoms with E-state index in [0.717, 1.165) is 94.4 Å². The first-order valence-corrected chi connectivity index (χ1v) is 34.2. The Hall–Kier alpha value is -12.9. The number of aromatic nitrogens is 6. The van der Waals surface area contributed by atoms with Gasteiger partial charge in [0.1, 0.15) is 0 Å². The number of benzene rings is 15. The highest BCUT2D eigenvalue weighted by molar-refractivity contribution is 6.16. The Kier molecular flexibility index (Phi) is 11.8. The van der Waals surface area contributed by atoms with Crippen molar-refractivity contribution in [3.8, 4) is 78.8 Å². The van der Waals surface area contributed by atoms with E-state index in [4.69, 9.17) is 9.97 Å². The van der Waals surface area contributed by atoms with Gasteiger partial charge in [0.2, 0.25) is 0 Å². The quantitative estimate of drug-likeness (QED) is 0.142. The van der Waals surface area contributed by atoms with Crippen molar-refractivity contribution in [1.82, 2.24) is 28.2 Å². The van der Waals surface area contributed by atoms with Gasteiger partial charge in [0.25, 0.3) is 0 Å². The fraction of sp³-hybridized carbons (Fsp3) is 0.0323. The van der Waals surface area contributed by atoms with Crippen molar-refractivity contribution in [1.29, 1.82) is 0 Å². The first-order chi connectivity index (χ1) is 48.8. The average molecular weight is 1260 g/mol. The molecular formula is C93H60N6. The Labute approximate surface area is 570 Å². The van der Waals surface area contributed by atoms with Gasteiger partial charge in [0.05, 0.1) is 55.3 Å². The van der Waals surface area contributed by atoms with E-state index >= 15 is 0 Å². The van der Waals surface area contributed by atoms with Gasteiger partial charge in [-0.3, -0.25) is 0 Å². The van der Waals surface area contributed by atoms with E-state index in [0.29, 0.717) is 5.82 Å². The molecule has 0 saturated heterocycles.